The second-order valence-corrected chi connectivity index (χ2v) is 13.1. The van der Waals surface area contributed by atoms with Crippen LogP contribution in [-0.2, 0) is 0 Å². The van der Waals surface area contributed by atoms with Gasteiger partial charge in [-0.05, 0) is 68.6 Å². The van der Waals surface area contributed by atoms with Gasteiger partial charge in [0.1, 0.15) is 32.6 Å². The summed E-state index contributed by atoms with van der Waals surface area (Å²) in [6.45, 7) is 1.17. The number of benzene rings is 7. The summed E-state index contributed by atoms with van der Waals surface area (Å²) in [5, 5.41) is 84.3. The minimum Gasteiger partial charge on any atom is -0.512 e. The standard InChI is InChI=1S/C43H32B2O8/c1-20(46)32(36-40(49)42(51)37(45)43(52)41(36)50)39(48)38(47)29(19-44)34-26-12-6-4-10-24(26)33(25-11-5-7-13-27(25)34)22-14-16-28-31(18-22)53-30-17-15-21-8-2-3-9-23(21)35(28)30/h2-19,46-52H,44-45H2,1H3/b29-19+,32-20+,39-38-. The molecule has 0 bridgehead atoms. The first-order valence-corrected chi connectivity index (χ1v) is 17.0. The number of phenolic OH excluding ortho intramolecular Hbond substituents is 4. The summed E-state index contributed by atoms with van der Waals surface area (Å²) in [4.78, 5) is 0. The molecule has 0 unspecified atom stereocenters. The molecule has 0 spiro atoms. The van der Waals surface area contributed by atoms with Crippen LogP contribution in [0.4, 0.5) is 0 Å². The van der Waals surface area contributed by atoms with Gasteiger partial charge in [-0.25, -0.2) is 0 Å². The Balaban J connectivity index is 1.37. The van der Waals surface area contributed by atoms with Crippen molar-refractivity contribution >= 4 is 86.6 Å². The molecule has 0 fully saturated rings. The van der Waals surface area contributed by atoms with Crippen LogP contribution in [0.15, 0.2) is 131 Å². The minimum absolute atomic E-state index is 0.180. The van der Waals surface area contributed by atoms with E-state index in [2.05, 4.69) is 30.3 Å². The second kappa shape index (κ2) is 12.4. The third-order valence-corrected chi connectivity index (χ3v) is 10.1. The molecule has 1 aromatic heterocycles. The number of allylic oxidation sites excluding steroid dienone is 3. The van der Waals surface area contributed by atoms with Crippen LogP contribution in [0.25, 0.3) is 76.5 Å². The van der Waals surface area contributed by atoms with Crippen LogP contribution in [0.2, 0.25) is 0 Å². The molecule has 10 heteroatoms. The number of furan rings is 1. The molecule has 8 rings (SSSR count). The fraction of sp³-hybridized carbons (Fsp3) is 0.0233. The minimum atomic E-state index is -0.911. The van der Waals surface area contributed by atoms with E-state index in [0.29, 0.717) is 5.56 Å². The predicted molar refractivity (Wildman–Crippen MR) is 217 cm³/mol. The van der Waals surface area contributed by atoms with Crippen molar-refractivity contribution in [1.29, 1.82) is 0 Å². The van der Waals surface area contributed by atoms with E-state index in [1.807, 2.05) is 72.8 Å². The largest absolute Gasteiger partial charge is 0.512 e. The smallest absolute Gasteiger partial charge is 0.169 e. The Morgan fingerprint density at radius 3 is 1.74 bits per heavy atom. The van der Waals surface area contributed by atoms with E-state index in [1.165, 1.54) is 14.8 Å². The average molecular weight is 698 g/mol. The van der Waals surface area contributed by atoms with Crippen molar-refractivity contribution in [3.63, 3.8) is 0 Å². The van der Waals surface area contributed by atoms with Crippen LogP contribution >= 0.6 is 0 Å². The molecule has 0 aliphatic rings. The maximum absolute atomic E-state index is 11.9. The highest BCUT2D eigenvalue weighted by Crippen LogP contribution is 2.49. The Bertz CT molecular complexity index is 2860. The van der Waals surface area contributed by atoms with E-state index in [9.17, 15) is 35.7 Å². The van der Waals surface area contributed by atoms with Crippen molar-refractivity contribution < 1.29 is 40.2 Å². The zero-order valence-electron chi connectivity index (χ0n) is 28.9. The van der Waals surface area contributed by atoms with Crippen LogP contribution in [-0.4, -0.2) is 51.4 Å². The number of rotatable bonds is 5. The molecule has 0 aliphatic carbocycles. The van der Waals surface area contributed by atoms with Gasteiger partial charge in [0.05, 0.1) is 11.1 Å². The number of hydrogen-bond donors (Lipinski definition) is 7. The van der Waals surface area contributed by atoms with E-state index in [0.717, 1.165) is 65.4 Å². The third kappa shape index (κ3) is 4.94. The first kappa shape index (κ1) is 33.2. The Kier molecular flexibility index (Phi) is 7.76. The van der Waals surface area contributed by atoms with E-state index < -0.39 is 51.4 Å². The summed E-state index contributed by atoms with van der Waals surface area (Å²) < 4.78 is 6.43. The van der Waals surface area contributed by atoms with Crippen LogP contribution in [0.1, 0.15) is 18.1 Å². The number of fused-ring (bicyclic) bond motifs is 7. The van der Waals surface area contributed by atoms with Crippen LogP contribution in [0.3, 0.4) is 0 Å². The van der Waals surface area contributed by atoms with Crippen LogP contribution in [0, 0.1) is 0 Å². The summed E-state index contributed by atoms with van der Waals surface area (Å²) in [7, 11) is 2.95. The molecule has 0 amide bonds. The Morgan fingerprint density at radius 1 is 0.585 bits per heavy atom. The van der Waals surface area contributed by atoms with Gasteiger partial charge in [-0.1, -0.05) is 84.9 Å². The summed E-state index contributed by atoms with van der Waals surface area (Å²) in [6, 6.07) is 33.9. The van der Waals surface area contributed by atoms with Gasteiger partial charge in [0, 0.05) is 27.4 Å². The van der Waals surface area contributed by atoms with Crippen molar-refractivity contribution in [2.75, 3.05) is 0 Å². The van der Waals surface area contributed by atoms with Gasteiger partial charge in [0.15, 0.2) is 34.5 Å². The number of hydrogen-bond acceptors (Lipinski definition) is 8. The van der Waals surface area contributed by atoms with Crippen LogP contribution < -0.4 is 5.46 Å². The van der Waals surface area contributed by atoms with Gasteiger partial charge in [-0.15, -0.1) is 5.98 Å². The van der Waals surface area contributed by atoms with Crippen molar-refractivity contribution in [3.8, 4) is 34.1 Å². The zero-order valence-corrected chi connectivity index (χ0v) is 28.9. The molecule has 0 saturated heterocycles. The summed E-state index contributed by atoms with van der Waals surface area (Å²) >= 11 is 0. The third-order valence-electron chi connectivity index (χ3n) is 10.1. The van der Waals surface area contributed by atoms with Gasteiger partial charge < -0.3 is 40.2 Å². The van der Waals surface area contributed by atoms with Gasteiger partial charge in [0.2, 0.25) is 0 Å². The molecule has 258 valence electrons. The zero-order chi connectivity index (χ0) is 37.3. The lowest BCUT2D eigenvalue weighted by Crippen LogP contribution is -2.08. The summed E-state index contributed by atoms with van der Waals surface area (Å²) in [6.07, 6.45) is 0. The fourth-order valence-electron chi connectivity index (χ4n) is 7.60. The van der Waals surface area contributed by atoms with Crippen molar-refractivity contribution in [2.45, 2.75) is 6.92 Å². The topological polar surface area (TPSA) is 155 Å². The highest BCUT2D eigenvalue weighted by molar-refractivity contribution is 6.37. The Morgan fingerprint density at radius 2 is 1.15 bits per heavy atom. The van der Waals surface area contributed by atoms with Gasteiger partial charge in [-0.3, -0.25) is 0 Å². The van der Waals surface area contributed by atoms with Crippen molar-refractivity contribution in [3.05, 3.63) is 138 Å². The highest BCUT2D eigenvalue weighted by atomic mass is 16.3. The SMILES string of the molecule is B/C=C(/C(O)=C(O)\C(=C(/C)O)c1c(O)c(O)c(B)c(O)c1O)c1c2ccccc2c(-c2ccc3c(c2)oc2ccc4ccccc4c23)c2ccccc12. The van der Waals surface area contributed by atoms with E-state index in [1.54, 1.807) is 13.8 Å². The quantitative estimate of drug-likeness (QED) is 0.0238. The fourth-order valence-corrected chi connectivity index (χ4v) is 7.60. The van der Waals surface area contributed by atoms with E-state index in [4.69, 9.17) is 4.42 Å². The average Bonchev–Trinajstić information content (AvgIpc) is 3.56. The lowest BCUT2D eigenvalue weighted by atomic mass is 9.83. The monoisotopic (exact) mass is 698 g/mol. The molecule has 1 heterocycles. The maximum Gasteiger partial charge on any atom is 0.169 e. The number of aliphatic hydroxyl groups excluding tert-OH is 3. The molecular weight excluding hydrogens is 666 g/mol. The molecule has 8 aromatic rings. The normalized spacial score (nSPS) is 13.3. The van der Waals surface area contributed by atoms with Crippen molar-refractivity contribution in [1.82, 2.24) is 0 Å². The van der Waals surface area contributed by atoms with Crippen molar-refractivity contribution in [2.24, 2.45) is 0 Å². The maximum atomic E-state index is 11.9. The van der Waals surface area contributed by atoms with E-state index in [-0.39, 0.29) is 11.0 Å². The first-order chi connectivity index (χ1) is 25.5. The second-order valence-electron chi connectivity index (χ2n) is 13.1. The summed E-state index contributed by atoms with van der Waals surface area (Å²) in [5.41, 5.74) is 2.66. The Hall–Kier alpha value is -6.93. The molecule has 0 radical (unpaired) electrons. The van der Waals surface area contributed by atoms with Gasteiger partial charge in [0.25, 0.3) is 0 Å². The predicted octanol–water partition coefficient (Wildman–Crippen LogP) is 8.08. The molecule has 53 heavy (non-hydrogen) atoms. The van der Waals surface area contributed by atoms with Crippen LogP contribution in [0.5, 0.6) is 23.0 Å². The molecular formula is C43H32B2O8. The number of phenols is 4. The van der Waals surface area contributed by atoms with E-state index >= 15 is 0 Å². The molecule has 7 aromatic carbocycles. The molecule has 0 saturated carbocycles. The lowest BCUT2D eigenvalue weighted by molar-refractivity contribution is 0.348. The lowest BCUT2D eigenvalue weighted by Gasteiger charge is -2.21. The molecule has 7 N–H and O–H groups in total. The summed E-state index contributed by atoms with van der Waals surface area (Å²) in [5.74, 6) is -3.95. The molecule has 0 aliphatic heterocycles. The number of aromatic hydroxyl groups is 4. The first-order valence-electron chi connectivity index (χ1n) is 17.0. The Labute approximate surface area is 304 Å². The molecule has 8 nitrogen and oxygen atoms in total. The van der Waals surface area contributed by atoms with Gasteiger partial charge in [-0.2, -0.15) is 0 Å². The number of aliphatic hydroxyl groups is 3. The van der Waals surface area contributed by atoms with Gasteiger partial charge >= 0.3 is 0 Å². The molecule has 0 atom stereocenters. The highest BCUT2D eigenvalue weighted by Gasteiger charge is 2.30.